The fourth-order valence-corrected chi connectivity index (χ4v) is 1.82. The van der Waals surface area contributed by atoms with E-state index >= 15 is 0 Å². The van der Waals surface area contributed by atoms with Crippen molar-refractivity contribution in [1.29, 1.82) is 0 Å². The van der Waals surface area contributed by atoms with Crippen LogP contribution >= 0.6 is 11.6 Å². The van der Waals surface area contributed by atoms with Crippen LogP contribution in [0, 0.1) is 12.8 Å². The molecule has 1 aliphatic rings. The Morgan fingerprint density at radius 1 is 1.47 bits per heavy atom. The van der Waals surface area contributed by atoms with Crippen LogP contribution in [0.15, 0.2) is 12.3 Å². The average molecular weight is 236 g/mol. The summed E-state index contributed by atoms with van der Waals surface area (Å²) in [6.07, 6.45) is -2.45. The normalized spacial score (nSPS) is 25.4. The zero-order valence-corrected chi connectivity index (χ0v) is 8.73. The van der Waals surface area contributed by atoms with Crippen LogP contribution in [-0.2, 0) is 0 Å². The lowest BCUT2D eigenvalue weighted by atomic mass is 10.1. The Bertz CT molecular complexity index is 389. The monoisotopic (exact) mass is 235 g/mol. The Labute approximate surface area is 90.3 Å². The van der Waals surface area contributed by atoms with E-state index in [1.807, 2.05) is 0 Å². The lowest BCUT2D eigenvalue weighted by Gasteiger charge is -2.06. The van der Waals surface area contributed by atoms with E-state index in [0.29, 0.717) is 16.3 Å². The molecule has 1 fully saturated rings. The first kappa shape index (κ1) is 10.7. The van der Waals surface area contributed by atoms with Crippen molar-refractivity contribution in [3.8, 4) is 0 Å². The molecule has 0 saturated heterocycles. The Hall–Kier alpha value is -0.770. The largest absolute Gasteiger partial charge is 0.392 e. The Morgan fingerprint density at radius 2 is 2.13 bits per heavy atom. The van der Waals surface area contributed by atoms with Gasteiger partial charge in [0.25, 0.3) is 0 Å². The third-order valence-corrected chi connectivity index (χ3v) is 3.07. The van der Waals surface area contributed by atoms with Gasteiger partial charge in [0.05, 0.1) is 16.6 Å². The zero-order valence-electron chi connectivity index (χ0n) is 7.98. The van der Waals surface area contributed by atoms with Crippen LogP contribution in [0.25, 0.3) is 0 Å². The van der Waals surface area contributed by atoms with Crippen molar-refractivity contribution in [2.24, 2.45) is 5.92 Å². The Morgan fingerprint density at radius 3 is 2.60 bits per heavy atom. The summed E-state index contributed by atoms with van der Waals surface area (Å²) in [4.78, 5) is 3.96. The molecule has 0 radical (unpaired) electrons. The minimum Gasteiger partial charge on any atom is -0.260 e. The smallest absolute Gasteiger partial charge is 0.260 e. The zero-order chi connectivity index (χ0) is 11.2. The summed E-state index contributed by atoms with van der Waals surface area (Å²) in [6, 6.07) is 1.58. The fraction of sp³-hybridized carbons (Fsp3) is 0.500. The molecule has 0 amide bonds. The van der Waals surface area contributed by atoms with Crippen LogP contribution in [0.3, 0.4) is 0 Å². The van der Waals surface area contributed by atoms with Gasteiger partial charge in [-0.2, -0.15) is 13.2 Å². The van der Waals surface area contributed by atoms with Gasteiger partial charge in [0, 0.05) is 6.20 Å². The van der Waals surface area contributed by atoms with E-state index in [1.165, 1.54) is 6.20 Å². The molecule has 1 heterocycles. The number of hydrogen-bond donors (Lipinski definition) is 0. The molecule has 82 valence electrons. The maximum Gasteiger partial charge on any atom is 0.392 e. The number of aryl methyl sites for hydroxylation is 1. The second-order valence-electron chi connectivity index (χ2n) is 3.83. The number of nitrogens with zero attached hydrogens (tertiary/aromatic N) is 1. The second-order valence-corrected chi connectivity index (χ2v) is 4.23. The molecule has 1 saturated carbocycles. The van der Waals surface area contributed by atoms with Crippen molar-refractivity contribution in [2.45, 2.75) is 25.4 Å². The quantitative estimate of drug-likeness (QED) is 0.723. The van der Waals surface area contributed by atoms with Gasteiger partial charge in [-0.05, 0) is 30.9 Å². The highest BCUT2D eigenvalue weighted by Gasteiger charge is 2.56. The molecule has 0 aliphatic heterocycles. The third kappa shape index (κ3) is 2.09. The van der Waals surface area contributed by atoms with Gasteiger partial charge >= 0.3 is 6.18 Å². The fourth-order valence-electron chi connectivity index (χ4n) is 1.65. The van der Waals surface area contributed by atoms with Crippen LogP contribution in [0.1, 0.15) is 23.6 Å². The predicted molar refractivity (Wildman–Crippen MR) is 50.9 cm³/mol. The maximum absolute atomic E-state index is 12.3. The molecule has 1 aromatic rings. The van der Waals surface area contributed by atoms with Gasteiger partial charge in [0.2, 0.25) is 0 Å². The van der Waals surface area contributed by atoms with E-state index in [1.54, 1.807) is 13.0 Å². The lowest BCUT2D eigenvalue weighted by Crippen LogP contribution is -2.11. The van der Waals surface area contributed by atoms with E-state index < -0.39 is 18.0 Å². The number of pyridine rings is 1. The van der Waals surface area contributed by atoms with Gasteiger partial charge < -0.3 is 0 Å². The topological polar surface area (TPSA) is 12.9 Å². The number of aromatic nitrogens is 1. The van der Waals surface area contributed by atoms with Crippen molar-refractivity contribution in [3.63, 3.8) is 0 Å². The molecule has 15 heavy (non-hydrogen) atoms. The molecule has 5 heteroatoms. The van der Waals surface area contributed by atoms with Gasteiger partial charge in [-0.15, -0.1) is 0 Å². The Balaban J connectivity index is 2.17. The predicted octanol–water partition coefficient (Wildman–Crippen LogP) is 3.71. The first-order chi connectivity index (χ1) is 6.89. The molecule has 2 rings (SSSR count). The molecular formula is C10H9ClF3N. The van der Waals surface area contributed by atoms with Crippen LogP contribution < -0.4 is 0 Å². The first-order valence-electron chi connectivity index (χ1n) is 4.58. The summed E-state index contributed by atoms with van der Waals surface area (Å²) >= 11 is 5.80. The highest BCUT2D eigenvalue weighted by atomic mass is 35.5. The van der Waals surface area contributed by atoms with Crippen molar-refractivity contribution >= 4 is 11.6 Å². The summed E-state index contributed by atoms with van der Waals surface area (Å²) in [7, 11) is 0. The lowest BCUT2D eigenvalue weighted by molar-refractivity contribution is -0.148. The highest BCUT2D eigenvalue weighted by molar-refractivity contribution is 6.31. The SMILES string of the molecule is Cc1ncc([C@H]2C[C@@H]2C(F)(F)F)cc1Cl. The third-order valence-electron chi connectivity index (χ3n) is 2.69. The minimum atomic E-state index is -4.10. The van der Waals surface area contributed by atoms with Gasteiger partial charge in [-0.3, -0.25) is 4.98 Å². The van der Waals surface area contributed by atoms with Gasteiger partial charge in [0.15, 0.2) is 0 Å². The van der Waals surface area contributed by atoms with Crippen LogP contribution in [-0.4, -0.2) is 11.2 Å². The molecule has 2 atom stereocenters. The van der Waals surface area contributed by atoms with Gasteiger partial charge in [-0.25, -0.2) is 0 Å². The number of halogens is 4. The molecule has 1 nitrogen and oxygen atoms in total. The number of hydrogen-bond acceptors (Lipinski definition) is 1. The van der Waals surface area contributed by atoms with E-state index in [0.717, 1.165) is 0 Å². The molecule has 0 bridgehead atoms. The minimum absolute atomic E-state index is 0.157. The molecular weight excluding hydrogens is 227 g/mol. The van der Waals surface area contributed by atoms with Crippen molar-refractivity contribution in [3.05, 3.63) is 28.5 Å². The summed E-state index contributed by atoms with van der Waals surface area (Å²) in [5.74, 6) is -1.66. The first-order valence-corrected chi connectivity index (χ1v) is 4.96. The van der Waals surface area contributed by atoms with E-state index in [9.17, 15) is 13.2 Å². The summed E-state index contributed by atoms with van der Waals surface area (Å²) < 4.78 is 36.9. The van der Waals surface area contributed by atoms with Crippen molar-refractivity contribution in [2.75, 3.05) is 0 Å². The van der Waals surface area contributed by atoms with Gasteiger partial charge in [0.1, 0.15) is 0 Å². The summed E-state index contributed by atoms with van der Waals surface area (Å²) in [6.45, 7) is 1.72. The molecule has 0 unspecified atom stereocenters. The molecule has 0 spiro atoms. The number of rotatable bonds is 1. The van der Waals surface area contributed by atoms with Crippen LogP contribution in [0.2, 0.25) is 5.02 Å². The second kappa shape index (κ2) is 3.37. The van der Waals surface area contributed by atoms with Gasteiger partial charge in [-0.1, -0.05) is 11.6 Å². The van der Waals surface area contributed by atoms with Crippen LogP contribution in [0.4, 0.5) is 13.2 Å². The molecule has 0 N–H and O–H groups in total. The Kier molecular flexibility index (Phi) is 2.41. The molecule has 0 aromatic carbocycles. The van der Waals surface area contributed by atoms with Crippen molar-refractivity contribution < 1.29 is 13.2 Å². The highest BCUT2D eigenvalue weighted by Crippen LogP contribution is 2.56. The molecule has 1 aromatic heterocycles. The average Bonchev–Trinajstić information content (AvgIpc) is 2.87. The standard InChI is InChI=1S/C10H9ClF3N/c1-5-9(11)2-6(4-15-5)7-3-8(7)10(12,13)14/h2,4,7-8H,3H2,1H3/t7-,8+/m1/s1. The summed E-state index contributed by atoms with van der Waals surface area (Å²) in [5.41, 5.74) is 1.23. The number of alkyl halides is 3. The van der Waals surface area contributed by atoms with Crippen LogP contribution in [0.5, 0.6) is 0 Å². The van der Waals surface area contributed by atoms with E-state index in [4.69, 9.17) is 11.6 Å². The molecule has 1 aliphatic carbocycles. The summed E-state index contributed by atoms with van der Waals surface area (Å²) in [5, 5.41) is 0.431. The van der Waals surface area contributed by atoms with E-state index in [2.05, 4.69) is 4.98 Å². The maximum atomic E-state index is 12.3. The van der Waals surface area contributed by atoms with E-state index in [-0.39, 0.29) is 6.42 Å². The van der Waals surface area contributed by atoms with Crippen molar-refractivity contribution in [1.82, 2.24) is 4.98 Å².